The summed E-state index contributed by atoms with van der Waals surface area (Å²) in [4.78, 5) is 0. The maximum absolute atomic E-state index is 2.37. The zero-order chi connectivity index (χ0) is 14.7. The Labute approximate surface area is 127 Å². The van der Waals surface area contributed by atoms with Gasteiger partial charge in [0.1, 0.15) is 0 Å². The molecule has 21 heavy (non-hydrogen) atoms. The quantitative estimate of drug-likeness (QED) is 0.644. The van der Waals surface area contributed by atoms with Crippen LogP contribution in [0.3, 0.4) is 0 Å². The first-order chi connectivity index (χ1) is 10.2. The zero-order valence-corrected chi connectivity index (χ0v) is 12.8. The van der Waals surface area contributed by atoms with Crippen molar-refractivity contribution in [2.75, 3.05) is 0 Å². The highest BCUT2D eigenvalue weighted by molar-refractivity contribution is 5.49. The Morgan fingerprint density at radius 2 is 1.43 bits per heavy atom. The lowest BCUT2D eigenvalue weighted by Gasteiger charge is -2.18. The van der Waals surface area contributed by atoms with Gasteiger partial charge in [0.05, 0.1) is 0 Å². The van der Waals surface area contributed by atoms with Gasteiger partial charge in [0, 0.05) is 5.41 Å². The largest absolute Gasteiger partial charge is 0.0801 e. The Bertz CT molecular complexity index is 603. The Balaban J connectivity index is 1.96. The average molecular weight is 274 g/mol. The molecule has 1 saturated carbocycles. The van der Waals surface area contributed by atoms with E-state index < -0.39 is 0 Å². The van der Waals surface area contributed by atoms with Crippen LogP contribution in [0.4, 0.5) is 0 Å². The molecule has 0 spiro atoms. The Morgan fingerprint density at radius 3 is 1.90 bits per heavy atom. The standard InChI is InChI=1S/C21H22/c1-17(2)10-9-15-20-16-21(20,18-11-5-3-6-12-18)19-13-7-4-8-14-19/h3-15,20H,16H2,1-2H3/b15-9+. The van der Waals surface area contributed by atoms with Crippen LogP contribution in [0.2, 0.25) is 0 Å². The summed E-state index contributed by atoms with van der Waals surface area (Å²) < 4.78 is 0. The van der Waals surface area contributed by atoms with E-state index in [0.717, 1.165) is 0 Å². The number of hydrogen-bond donors (Lipinski definition) is 0. The second kappa shape index (κ2) is 5.73. The van der Waals surface area contributed by atoms with Crippen molar-refractivity contribution in [3.05, 3.63) is 95.6 Å². The highest BCUT2D eigenvalue weighted by atomic mass is 14.6. The van der Waals surface area contributed by atoms with Crippen molar-refractivity contribution in [2.24, 2.45) is 5.92 Å². The highest BCUT2D eigenvalue weighted by Gasteiger charge is 2.54. The third kappa shape index (κ3) is 2.71. The molecule has 1 aliphatic rings. The minimum atomic E-state index is 0.175. The number of allylic oxidation sites excluding steroid dienone is 4. The van der Waals surface area contributed by atoms with Crippen LogP contribution in [-0.4, -0.2) is 0 Å². The van der Waals surface area contributed by atoms with E-state index in [0.29, 0.717) is 5.92 Å². The van der Waals surface area contributed by atoms with E-state index in [9.17, 15) is 0 Å². The van der Waals surface area contributed by atoms with Crippen LogP contribution in [0.15, 0.2) is 84.5 Å². The second-order valence-corrected chi connectivity index (χ2v) is 6.14. The lowest BCUT2D eigenvalue weighted by molar-refractivity contribution is 0.790. The van der Waals surface area contributed by atoms with Crippen molar-refractivity contribution in [1.82, 2.24) is 0 Å². The molecule has 3 rings (SSSR count). The first-order valence-electron chi connectivity index (χ1n) is 7.66. The molecule has 0 saturated heterocycles. The van der Waals surface area contributed by atoms with Gasteiger partial charge in [-0.25, -0.2) is 0 Å². The van der Waals surface area contributed by atoms with Gasteiger partial charge < -0.3 is 0 Å². The van der Waals surface area contributed by atoms with Gasteiger partial charge in [-0.15, -0.1) is 0 Å². The van der Waals surface area contributed by atoms with E-state index in [1.807, 2.05) is 0 Å². The van der Waals surface area contributed by atoms with Gasteiger partial charge in [-0.3, -0.25) is 0 Å². The highest BCUT2D eigenvalue weighted by Crippen LogP contribution is 2.59. The van der Waals surface area contributed by atoms with Gasteiger partial charge >= 0.3 is 0 Å². The summed E-state index contributed by atoms with van der Waals surface area (Å²) in [6, 6.07) is 21.8. The molecule has 1 unspecified atom stereocenters. The molecular formula is C21H22. The zero-order valence-electron chi connectivity index (χ0n) is 12.8. The van der Waals surface area contributed by atoms with Crippen LogP contribution in [0.5, 0.6) is 0 Å². The SMILES string of the molecule is CC(C)=C/C=C/C1CC1(c1ccccc1)c1ccccc1. The average Bonchev–Trinajstić information content (AvgIpc) is 3.24. The molecule has 0 nitrogen and oxygen atoms in total. The Kier molecular flexibility index (Phi) is 3.79. The molecule has 1 fully saturated rings. The van der Waals surface area contributed by atoms with E-state index in [1.54, 1.807) is 0 Å². The summed E-state index contributed by atoms with van der Waals surface area (Å²) in [5, 5.41) is 0. The Morgan fingerprint density at radius 1 is 0.905 bits per heavy atom. The lowest BCUT2D eigenvalue weighted by Crippen LogP contribution is -2.11. The van der Waals surface area contributed by atoms with Gasteiger partial charge in [-0.1, -0.05) is 84.5 Å². The summed E-state index contributed by atoms with van der Waals surface area (Å²) in [5.74, 6) is 0.595. The maximum atomic E-state index is 2.37. The fourth-order valence-electron chi connectivity index (χ4n) is 3.20. The van der Waals surface area contributed by atoms with E-state index in [-0.39, 0.29) is 5.41 Å². The smallest absolute Gasteiger partial charge is 0.0272 e. The minimum absolute atomic E-state index is 0.175. The molecule has 1 aliphatic carbocycles. The monoisotopic (exact) mass is 274 g/mol. The van der Waals surface area contributed by atoms with Crippen molar-refractivity contribution < 1.29 is 0 Å². The molecule has 0 bridgehead atoms. The van der Waals surface area contributed by atoms with Crippen molar-refractivity contribution >= 4 is 0 Å². The molecule has 0 aromatic heterocycles. The van der Waals surface area contributed by atoms with Crippen molar-refractivity contribution in [1.29, 1.82) is 0 Å². The molecule has 0 heteroatoms. The first-order valence-corrected chi connectivity index (χ1v) is 7.66. The molecule has 0 amide bonds. The molecule has 0 radical (unpaired) electrons. The van der Waals surface area contributed by atoms with Gasteiger partial charge in [0.25, 0.3) is 0 Å². The predicted octanol–water partition coefficient (Wildman–Crippen LogP) is 5.52. The molecule has 0 aliphatic heterocycles. The third-order valence-corrected chi connectivity index (χ3v) is 4.37. The van der Waals surface area contributed by atoms with Gasteiger partial charge in [0.15, 0.2) is 0 Å². The van der Waals surface area contributed by atoms with E-state index >= 15 is 0 Å². The summed E-state index contributed by atoms with van der Waals surface area (Å²) >= 11 is 0. The van der Waals surface area contributed by atoms with Crippen LogP contribution in [0.1, 0.15) is 31.4 Å². The predicted molar refractivity (Wildman–Crippen MR) is 90.3 cm³/mol. The number of benzene rings is 2. The van der Waals surface area contributed by atoms with Crippen LogP contribution < -0.4 is 0 Å². The van der Waals surface area contributed by atoms with E-state index in [4.69, 9.17) is 0 Å². The van der Waals surface area contributed by atoms with Crippen molar-refractivity contribution in [3.63, 3.8) is 0 Å². The second-order valence-electron chi connectivity index (χ2n) is 6.14. The third-order valence-electron chi connectivity index (χ3n) is 4.37. The van der Waals surface area contributed by atoms with E-state index in [2.05, 4.69) is 92.7 Å². The molecule has 2 aromatic carbocycles. The van der Waals surface area contributed by atoms with Gasteiger partial charge in [-0.2, -0.15) is 0 Å². The molecule has 0 N–H and O–H groups in total. The first kappa shape index (κ1) is 13.9. The fourth-order valence-corrected chi connectivity index (χ4v) is 3.20. The molecule has 2 aromatic rings. The summed E-state index contributed by atoms with van der Waals surface area (Å²) in [7, 11) is 0. The minimum Gasteiger partial charge on any atom is -0.0801 e. The van der Waals surface area contributed by atoms with Crippen LogP contribution >= 0.6 is 0 Å². The molecule has 1 atom stereocenters. The number of hydrogen-bond acceptors (Lipinski definition) is 0. The van der Waals surface area contributed by atoms with Gasteiger partial charge in [0.2, 0.25) is 0 Å². The van der Waals surface area contributed by atoms with Gasteiger partial charge in [-0.05, 0) is 37.3 Å². The fraction of sp³-hybridized carbons (Fsp3) is 0.238. The van der Waals surface area contributed by atoms with Crippen molar-refractivity contribution in [3.8, 4) is 0 Å². The number of rotatable bonds is 4. The van der Waals surface area contributed by atoms with Crippen LogP contribution in [0.25, 0.3) is 0 Å². The summed E-state index contributed by atoms with van der Waals surface area (Å²) in [6.45, 7) is 4.28. The molecule has 106 valence electrons. The Hall–Kier alpha value is -2.08. The molecule has 0 heterocycles. The molecular weight excluding hydrogens is 252 g/mol. The lowest BCUT2D eigenvalue weighted by atomic mass is 9.85. The maximum Gasteiger partial charge on any atom is 0.0272 e. The van der Waals surface area contributed by atoms with E-state index in [1.165, 1.54) is 23.1 Å². The van der Waals surface area contributed by atoms with Crippen LogP contribution in [-0.2, 0) is 5.41 Å². The van der Waals surface area contributed by atoms with Crippen molar-refractivity contribution in [2.45, 2.75) is 25.7 Å². The summed E-state index contributed by atoms with van der Waals surface area (Å²) in [6.07, 6.45) is 7.98. The normalized spacial score (nSPS) is 19.4. The summed E-state index contributed by atoms with van der Waals surface area (Å²) in [5.41, 5.74) is 4.39. The van der Waals surface area contributed by atoms with Crippen LogP contribution in [0, 0.1) is 5.92 Å². The topological polar surface area (TPSA) is 0 Å².